The second-order valence-electron chi connectivity index (χ2n) is 12.0. The predicted molar refractivity (Wildman–Crippen MR) is 166 cm³/mol. The van der Waals surface area contributed by atoms with E-state index < -0.39 is 46.1 Å². The van der Waals surface area contributed by atoms with Gasteiger partial charge < -0.3 is 25.2 Å². The lowest BCUT2D eigenvalue weighted by molar-refractivity contribution is -0.131. The molecule has 3 fully saturated rings. The van der Waals surface area contributed by atoms with Gasteiger partial charge in [0.15, 0.2) is 17.4 Å². The van der Waals surface area contributed by atoms with Crippen LogP contribution in [0, 0.1) is 22.9 Å². The molecule has 12 nitrogen and oxygen atoms in total. The van der Waals surface area contributed by atoms with Crippen molar-refractivity contribution >= 4 is 35.0 Å². The zero-order chi connectivity index (χ0) is 33.1. The number of nitrogens with one attached hydrogen (secondary N) is 3. The van der Waals surface area contributed by atoms with Crippen molar-refractivity contribution < 1.29 is 32.3 Å². The summed E-state index contributed by atoms with van der Waals surface area (Å²) in [6, 6.07) is 7.50. The van der Waals surface area contributed by atoms with Crippen LogP contribution in [0.15, 0.2) is 48.8 Å². The van der Waals surface area contributed by atoms with Gasteiger partial charge >= 0.3 is 6.03 Å². The van der Waals surface area contributed by atoms with Crippen LogP contribution in [0.3, 0.4) is 0 Å². The molecule has 6 rings (SSSR count). The number of halogens is 3. The molecule has 1 unspecified atom stereocenters. The summed E-state index contributed by atoms with van der Waals surface area (Å²) < 4.78 is 48.8. The van der Waals surface area contributed by atoms with Crippen molar-refractivity contribution in [2.24, 2.45) is 5.41 Å². The minimum absolute atomic E-state index is 0.0231. The highest BCUT2D eigenvalue weighted by atomic mass is 19.1. The van der Waals surface area contributed by atoms with E-state index in [0.29, 0.717) is 12.2 Å². The van der Waals surface area contributed by atoms with E-state index in [2.05, 4.69) is 42.8 Å². The number of urea groups is 1. The van der Waals surface area contributed by atoms with Gasteiger partial charge in [-0.15, -0.1) is 0 Å². The van der Waals surface area contributed by atoms with Gasteiger partial charge in [-0.05, 0) is 63.4 Å². The molecule has 1 aliphatic carbocycles. The van der Waals surface area contributed by atoms with Gasteiger partial charge in [-0.3, -0.25) is 19.8 Å². The molecule has 2 saturated heterocycles. The number of rotatable bonds is 8. The molecule has 4 amide bonds. The molecular weight excluding hydrogens is 617 g/mol. The summed E-state index contributed by atoms with van der Waals surface area (Å²) in [5, 5.41) is 7.63. The van der Waals surface area contributed by atoms with Crippen LogP contribution in [0.5, 0.6) is 11.6 Å². The monoisotopic (exact) mass is 652 g/mol. The fraction of sp³-hybridized carbons (Fsp3) is 0.406. The number of hydrogen-bond acceptors (Lipinski definition) is 8. The Morgan fingerprint density at radius 2 is 1.57 bits per heavy atom. The molecule has 0 spiro atoms. The summed E-state index contributed by atoms with van der Waals surface area (Å²) in [5.41, 5.74) is -1.65. The molecule has 3 aromatic rings. The summed E-state index contributed by atoms with van der Waals surface area (Å²) in [6.07, 6.45) is 4.32. The molecule has 0 bridgehead atoms. The molecule has 0 radical (unpaired) electrons. The Labute approximate surface area is 269 Å². The second kappa shape index (κ2) is 13.5. The largest absolute Gasteiger partial charge is 0.436 e. The third-order valence-corrected chi connectivity index (χ3v) is 8.77. The summed E-state index contributed by atoms with van der Waals surface area (Å²) in [4.78, 5) is 53.5. The second-order valence-corrected chi connectivity index (χ2v) is 12.0. The van der Waals surface area contributed by atoms with Gasteiger partial charge in [0.05, 0.1) is 11.9 Å². The number of aromatic nitrogens is 2. The average Bonchev–Trinajstić information content (AvgIpc) is 3.88. The zero-order valence-corrected chi connectivity index (χ0v) is 25.8. The normalized spacial score (nSPS) is 19.5. The number of amides is 4. The van der Waals surface area contributed by atoms with E-state index in [-0.39, 0.29) is 36.7 Å². The predicted octanol–water partition coefficient (Wildman–Crippen LogP) is 4.63. The molecule has 1 aromatic heterocycles. The number of piperazine rings is 1. The number of likely N-dealkylation sites (tertiary alicyclic amines) is 1. The molecule has 1 atom stereocenters. The van der Waals surface area contributed by atoms with E-state index >= 15 is 8.78 Å². The maximum absolute atomic E-state index is 15.1. The van der Waals surface area contributed by atoms with Crippen molar-refractivity contribution in [3.8, 4) is 11.6 Å². The van der Waals surface area contributed by atoms with Gasteiger partial charge in [-0.2, -0.15) is 0 Å². The molecular formula is C32H35F3N8O4. The Hall–Kier alpha value is -4.76. The number of benzene rings is 2. The molecule has 3 heterocycles. The topological polar surface area (TPSA) is 132 Å². The van der Waals surface area contributed by atoms with Crippen LogP contribution in [0.4, 0.5) is 35.2 Å². The molecule has 2 aromatic carbocycles. The first-order valence-electron chi connectivity index (χ1n) is 15.5. The fourth-order valence-electron chi connectivity index (χ4n) is 5.82. The fourth-order valence-corrected chi connectivity index (χ4v) is 5.82. The van der Waals surface area contributed by atoms with E-state index in [1.54, 1.807) is 4.90 Å². The minimum atomic E-state index is -1.47. The lowest BCUT2D eigenvalue weighted by Crippen LogP contribution is -2.58. The van der Waals surface area contributed by atoms with Crippen LogP contribution in [0.25, 0.3) is 0 Å². The van der Waals surface area contributed by atoms with E-state index in [4.69, 9.17) is 4.74 Å². The Morgan fingerprint density at radius 3 is 2.30 bits per heavy atom. The third kappa shape index (κ3) is 7.30. The molecule has 15 heteroatoms. The van der Waals surface area contributed by atoms with Crippen molar-refractivity contribution in [3.63, 3.8) is 0 Å². The summed E-state index contributed by atoms with van der Waals surface area (Å²) >= 11 is 0. The van der Waals surface area contributed by atoms with Gasteiger partial charge in [0.1, 0.15) is 23.4 Å². The van der Waals surface area contributed by atoms with Crippen LogP contribution < -0.4 is 20.7 Å². The summed E-state index contributed by atoms with van der Waals surface area (Å²) in [7, 11) is 2.08. The number of nitrogens with zero attached hydrogens (tertiary/aromatic N) is 5. The van der Waals surface area contributed by atoms with Crippen LogP contribution >= 0.6 is 0 Å². The Bertz CT molecular complexity index is 1650. The highest BCUT2D eigenvalue weighted by molar-refractivity contribution is 6.17. The minimum Gasteiger partial charge on any atom is -0.436 e. The highest BCUT2D eigenvalue weighted by Gasteiger charge is 2.56. The first-order valence-corrected chi connectivity index (χ1v) is 15.5. The van der Waals surface area contributed by atoms with E-state index in [9.17, 15) is 18.8 Å². The first kappa shape index (κ1) is 32.2. The molecule has 3 aliphatic rings. The Kier molecular flexibility index (Phi) is 9.27. The van der Waals surface area contributed by atoms with Gasteiger partial charge in [0.2, 0.25) is 17.7 Å². The zero-order valence-electron chi connectivity index (χ0n) is 25.8. The number of hydrogen-bond donors (Lipinski definition) is 3. The van der Waals surface area contributed by atoms with Crippen molar-refractivity contribution in [1.82, 2.24) is 24.7 Å². The smallest absolute Gasteiger partial charge is 0.324 e. The van der Waals surface area contributed by atoms with E-state index in [0.717, 1.165) is 76.0 Å². The number of anilines is 3. The van der Waals surface area contributed by atoms with Crippen molar-refractivity contribution in [2.45, 2.75) is 38.3 Å². The number of carbonyl (C=O) groups excluding carboxylic acids is 3. The SMILES string of the molecule is CN1CCN(C2CCCCN2C(=O)Nc2cc(Oc3cc(F)c(NC(=O)C4(C(=O)Nc5ccc(F)cc5)CC4)cc3F)ncn2)CC1. The van der Waals surface area contributed by atoms with Gasteiger partial charge in [0, 0.05) is 56.6 Å². The van der Waals surface area contributed by atoms with Gasteiger partial charge in [-0.1, -0.05) is 0 Å². The molecule has 2 aliphatic heterocycles. The molecule has 1 saturated carbocycles. The average molecular weight is 653 g/mol. The number of likely N-dealkylation sites (N-methyl/N-ethyl adjacent to an activating group) is 1. The van der Waals surface area contributed by atoms with Crippen LogP contribution in [-0.2, 0) is 9.59 Å². The summed E-state index contributed by atoms with van der Waals surface area (Å²) in [5.74, 6) is -4.47. The van der Waals surface area contributed by atoms with Crippen molar-refractivity contribution in [2.75, 3.05) is 55.7 Å². The molecule has 3 N–H and O–H groups in total. The van der Waals surface area contributed by atoms with Crippen LogP contribution in [0.1, 0.15) is 32.1 Å². The summed E-state index contributed by atoms with van der Waals surface area (Å²) in [6.45, 7) is 4.20. The van der Waals surface area contributed by atoms with E-state index in [1.165, 1.54) is 18.2 Å². The third-order valence-electron chi connectivity index (χ3n) is 8.77. The van der Waals surface area contributed by atoms with Crippen molar-refractivity contribution in [3.05, 3.63) is 66.2 Å². The first-order chi connectivity index (χ1) is 22.6. The quantitative estimate of drug-likeness (QED) is 0.300. The van der Waals surface area contributed by atoms with Crippen LogP contribution in [-0.4, -0.2) is 88.5 Å². The number of carbonyl (C=O) groups is 3. The standard InChI is InChI=1S/C32H35F3N8O4/c1-41-12-14-42(15-13-41)28-4-2-3-11-43(28)31(46)40-26-18-27(37-19-36-26)47-25-17-22(34)24(16-23(25)35)39-30(45)32(9-10-32)29(44)38-21-7-5-20(33)6-8-21/h5-8,16-19,28H,2-4,9-15H2,1H3,(H,38,44)(H,39,45)(H,36,37,40,46). The van der Waals surface area contributed by atoms with Crippen LogP contribution in [0.2, 0.25) is 0 Å². The maximum Gasteiger partial charge on any atom is 0.324 e. The number of ether oxygens (including phenoxy) is 1. The molecule has 47 heavy (non-hydrogen) atoms. The lowest BCUT2D eigenvalue weighted by atomic mass is 10.0. The van der Waals surface area contributed by atoms with Gasteiger partial charge in [0.25, 0.3) is 0 Å². The molecule has 248 valence electrons. The Morgan fingerprint density at radius 1 is 0.851 bits per heavy atom. The maximum atomic E-state index is 15.1. The van der Waals surface area contributed by atoms with Crippen molar-refractivity contribution in [1.29, 1.82) is 0 Å². The highest BCUT2D eigenvalue weighted by Crippen LogP contribution is 2.48. The Balaban J connectivity index is 1.08. The van der Waals surface area contributed by atoms with E-state index in [1.807, 2.05) is 0 Å². The number of piperidine rings is 1. The van der Waals surface area contributed by atoms with Gasteiger partial charge in [-0.25, -0.2) is 27.9 Å². The lowest BCUT2D eigenvalue weighted by Gasteiger charge is -2.45.